The van der Waals surface area contributed by atoms with Crippen molar-refractivity contribution in [3.05, 3.63) is 33.3 Å². The summed E-state index contributed by atoms with van der Waals surface area (Å²) in [6, 6.07) is 3.45. The van der Waals surface area contributed by atoms with Crippen molar-refractivity contribution in [2.75, 3.05) is 0 Å². The van der Waals surface area contributed by atoms with Crippen LogP contribution in [0.25, 0.3) is 0 Å². The summed E-state index contributed by atoms with van der Waals surface area (Å²) in [4.78, 5) is 11.7. The topological polar surface area (TPSA) is 38.3 Å². The fraction of sp³-hybridized carbons (Fsp3) is 0.500. The van der Waals surface area contributed by atoms with Gasteiger partial charge in [-0.3, -0.25) is 0 Å². The maximum Gasteiger partial charge on any atom is 0.408 e. The number of rotatable bonds is 2. The molecule has 1 amide bonds. The Labute approximate surface area is 124 Å². The van der Waals surface area contributed by atoms with Gasteiger partial charge in [-0.25, -0.2) is 4.79 Å². The third-order valence-corrected chi connectivity index (χ3v) is 3.50. The summed E-state index contributed by atoms with van der Waals surface area (Å²) in [5.41, 5.74) is 1.14. The van der Waals surface area contributed by atoms with Gasteiger partial charge in [0.05, 0.1) is 16.1 Å². The van der Waals surface area contributed by atoms with Crippen molar-refractivity contribution in [1.82, 2.24) is 5.32 Å². The van der Waals surface area contributed by atoms with E-state index in [1.54, 1.807) is 0 Å². The molecule has 1 aromatic carbocycles. The smallest absolute Gasteiger partial charge is 0.408 e. The van der Waals surface area contributed by atoms with E-state index < -0.39 is 11.7 Å². The first-order chi connectivity index (χ1) is 8.61. The molecule has 0 aliphatic heterocycles. The van der Waals surface area contributed by atoms with Gasteiger partial charge in [-0.15, -0.1) is 0 Å². The molecule has 0 radical (unpaired) electrons. The predicted molar refractivity (Wildman–Crippen MR) is 79.0 cm³/mol. The van der Waals surface area contributed by atoms with E-state index >= 15 is 0 Å². The van der Waals surface area contributed by atoms with Crippen LogP contribution in [0, 0.1) is 6.92 Å². The number of halogens is 2. The molecule has 1 N–H and O–H groups in total. The molecule has 1 unspecified atom stereocenters. The number of hydrogen-bond acceptors (Lipinski definition) is 2. The van der Waals surface area contributed by atoms with Crippen molar-refractivity contribution >= 4 is 29.3 Å². The summed E-state index contributed by atoms with van der Waals surface area (Å²) in [6.45, 7) is 9.15. The van der Waals surface area contributed by atoms with Crippen LogP contribution in [-0.2, 0) is 4.74 Å². The van der Waals surface area contributed by atoms with Gasteiger partial charge in [0, 0.05) is 0 Å². The quantitative estimate of drug-likeness (QED) is 0.845. The Balaban J connectivity index is 2.82. The fourth-order valence-corrected chi connectivity index (χ4v) is 2.11. The number of benzene rings is 1. The summed E-state index contributed by atoms with van der Waals surface area (Å²) in [5.74, 6) is 0. The van der Waals surface area contributed by atoms with Crippen molar-refractivity contribution in [1.29, 1.82) is 0 Å². The van der Waals surface area contributed by atoms with Crippen LogP contribution in [-0.4, -0.2) is 11.7 Å². The van der Waals surface area contributed by atoms with Crippen molar-refractivity contribution < 1.29 is 9.53 Å². The van der Waals surface area contributed by atoms with E-state index in [1.807, 2.05) is 46.8 Å². The molecule has 106 valence electrons. The highest BCUT2D eigenvalue weighted by molar-refractivity contribution is 6.43. The zero-order valence-electron chi connectivity index (χ0n) is 11.8. The second kappa shape index (κ2) is 6.02. The highest BCUT2D eigenvalue weighted by Crippen LogP contribution is 2.32. The maximum atomic E-state index is 11.7. The average Bonchev–Trinajstić information content (AvgIpc) is 2.23. The summed E-state index contributed by atoms with van der Waals surface area (Å²) in [5, 5.41) is 3.71. The molecular weight excluding hydrogens is 285 g/mol. The number of carbonyl (C=O) groups is 1. The van der Waals surface area contributed by atoms with Gasteiger partial charge in [0.15, 0.2) is 0 Å². The molecule has 0 saturated carbocycles. The lowest BCUT2D eigenvalue weighted by Crippen LogP contribution is -2.34. The van der Waals surface area contributed by atoms with Gasteiger partial charge in [-0.1, -0.05) is 35.3 Å². The Bertz CT molecular complexity index is 481. The van der Waals surface area contributed by atoms with Gasteiger partial charge in [0.1, 0.15) is 5.60 Å². The molecule has 0 fully saturated rings. The van der Waals surface area contributed by atoms with Gasteiger partial charge < -0.3 is 10.1 Å². The lowest BCUT2D eigenvalue weighted by Gasteiger charge is -2.22. The maximum absolute atomic E-state index is 11.7. The standard InChI is InChI=1S/C14H19Cl2NO2/c1-8-6-7-10(12(16)11(8)15)9(2)17-13(18)19-14(3,4)5/h6-7,9H,1-5H3,(H,17,18). The lowest BCUT2D eigenvalue weighted by molar-refractivity contribution is 0.0508. The van der Waals surface area contributed by atoms with Gasteiger partial charge in [0.25, 0.3) is 0 Å². The van der Waals surface area contributed by atoms with Crippen LogP contribution in [0.3, 0.4) is 0 Å². The minimum Gasteiger partial charge on any atom is -0.444 e. The summed E-state index contributed by atoms with van der Waals surface area (Å²) >= 11 is 12.3. The van der Waals surface area contributed by atoms with E-state index in [0.717, 1.165) is 11.1 Å². The number of nitrogens with one attached hydrogen (secondary N) is 1. The molecule has 0 saturated heterocycles. The van der Waals surface area contributed by atoms with Crippen LogP contribution < -0.4 is 5.32 Å². The minimum atomic E-state index is -0.529. The van der Waals surface area contributed by atoms with E-state index in [9.17, 15) is 4.79 Å². The molecule has 19 heavy (non-hydrogen) atoms. The normalized spacial score (nSPS) is 13.0. The number of ether oxygens (including phenoxy) is 1. The second-order valence-corrected chi connectivity index (χ2v) is 6.22. The van der Waals surface area contributed by atoms with E-state index in [-0.39, 0.29) is 6.04 Å². The Hall–Kier alpha value is -0.930. The van der Waals surface area contributed by atoms with Crippen LogP contribution in [0.15, 0.2) is 12.1 Å². The highest BCUT2D eigenvalue weighted by Gasteiger charge is 2.20. The zero-order valence-corrected chi connectivity index (χ0v) is 13.3. The van der Waals surface area contributed by atoms with Crippen LogP contribution in [0.2, 0.25) is 10.0 Å². The number of alkyl carbamates (subject to hydrolysis) is 1. The number of hydrogen-bond donors (Lipinski definition) is 1. The largest absolute Gasteiger partial charge is 0.444 e. The first-order valence-corrected chi connectivity index (χ1v) is 6.81. The number of aryl methyl sites for hydroxylation is 1. The molecule has 1 atom stereocenters. The molecule has 0 heterocycles. The Kier molecular flexibility index (Phi) is 5.11. The van der Waals surface area contributed by atoms with E-state index in [1.165, 1.54) is 0 Å². The molecule has 5 heteroatoms. The SMILES string of the molecule is Cc1ccc(C(C)NC(=O)OC(C)(C)C)c(Cl)c1Cl. The molecule has 0 aromatic heterocycles. The van der Waals surface area contributed by atoms with Crippen LogP contribution >= 0.6 is 23.2 Å². The first kappa shape index (κ1) is 16.1. The van der Waals surface area contributed by atoms with Gasteiger partial charge in [0.2, 0.25) is 0 Å². The molecule has 0 aliphatic carbocycles. The van der Waals surface area contributed by atoms with Crippen LogP contribution in [0.1, 0.15) is 44.9 Å². The molecule has 1 rings (SSSR count). The number of amides is 1. The summed E-state index contributed by atoms with van der Waals surface area (Å²) in [6.07, 6.45) is -0.479. The lowest BCUT2D eigenvalue weighted by atomic mass is 10.1. The van der Waals surface area contributed by atoms with Gasteiger partial charge >= 0.3 is 6.09 Å². The molecule has 3 nitrogen and oxygen atoms in total. The fourth-order valence-electron chi connectivity index (χ4n) is 1.56. The predicted octanol–water partition coefficient (Wildman–Crippen LogP) is 4.89. The van der Waals surface area contributed by atoms with E-state index in [0.29, 0.717) is 10.0 Å². The van der Waals surface area contributed by atoms with Crippen molar-refractivity contribution in [3.8, 4) is 0 Å². The average molecular weight is 304 g/mol. The summed E-state index contributed by atoms with van der Waals surface area (Å²) in [7, 11) is 0. The minimum absolute atomic E-state index is 0.277. The number of carbonyl (C=O) groups excluding carboxylic acids is 1. The monoisotopic (exact) mass is 303 g/mol. The Morgan fingerprint density at radius 3 is 2.37 bits per heavy atom. The van der Waals surface area contributed by atoms with Crippen molar-refractivity contribution in [2.45, 2.75) is 46.3 Å². The molecular formula is C14H19Cl2NO2. The van der Waals surface area contributed by atoms with Crippen molar-refractivity contribution in [3.63, 3.8) is 0 Å². The molecule has 1 aromatic rings. The van der Waals surface area contributed by atoms with Gasteiger partial charge in [-0.05, 0) is 45.7 Å². The first-order valence-electron chi connectivity index (χ1n) is 6.06. The third-order valence-electron chi connectivity index (χ3n) is 2.51. The van der Waals surface area contributed by atoms with Crippen LogP contribution in [0.4, 0.5) is 4.79 Å². The zero-order chi connectivity index (χ0) is 14.8. The second-order valence-electron chi connectivity index (χ2n) is 5.47. The van der Waals surface area contributed by atoms with Gasteiger partial charge in [-0.2, -0.15) is 0 Å². The van der Waals surface area contributed by atoms with E-state index in [4.69, 9.17) is 27.9 Å². The Morgan fingerprint density at radius 1 is 1.26 bits per heavy atom. The summed E-state index contributed by atoms with van der Waals surface area (Å²) < 4.78 is 5.20. The van der Waals surface area contributed by atoms with E-state index in [2.05, 4.69) is 5.32 Å². The van der Waals surface area contributed by atoms with Crippen LogP contribution in [0.5, 0.6) is 0 Å². The Morgan fingerprint density at radius 2 is 1.84 bits per heavy atom. The molecule has 0 aliphatic rings. The van der Waals surface area contributed by atoms with Crippen molar-refractivity contribution in [2.24, 2.45) is 0 Å². The third kappa shape index (κ3) is 4.59. The molecule has 0 bridgehead atoms. The molecule has 0 spiro atoms. The highest BCUT2D eigenvalue weighted by atomic mass is 35.5.